The molecule has 2 nitrogen and oxygen atoms in total. The van der Waals surface area contributed by atoms with Crippen LogP contribution in [0, 0.1) is 11.6 Å². The smallest absolute Gasteiger partial charge is 0.159 e. The van der Waals surface area contributed by atoms with Gasteiger partial charge >= 0.3 is 0 Å². The van der Waals surface area contributed by atoms with Crippen molar-refractivity contribution in [2.45, 2.75) is 13.0 Å². The van der Waals surface area contributed by atoms with Crippen LogP contribution in [-0.4, -0.2) is 13.7 Å². The van der Waals surface area contributed by atoms with Crippen LogP contribution >= 0.6 is 11.6 Å². The summed E-state index contributed by atoms with van der Waals surface area (Å²) in [6.45, 7) is 2.62. The fraction of sp³-hybridized carbons (Fsp3) is 0.250. The number of nitrogens with one attached hydrogen (secondary N) is 1. The van der Waals surface area contributed by atoms with Crippen molar-refractivity contribution in [1.29, 1.82) is 0 Å². The Morgan fingerprint density at radius 1 is 1.10 bits per heavy atom. The number of benzene rings is 2. The molecule has 21 heavy (non-hydrogen) atoms. The molecule has 0 fully saturated rings. The highest BCUT2D eigenvalue weighted by Gasteiger charge is 2.16. The summed E-state index contributed by atoms with van der Waals surface area (Å²) in [5, 5.41) is 3.75. The van der Waals surface area contributed by atoms with Crippen molar-refractivity contribution in [1.82, 2.24) is 5.32 Å². The van der Waals surface area contributed by atoms with Crippen molar-refractivity contribution >= 4 is 11.6 Å². The Labute approximate surface area is 127 Å². The van der Waals surface area contributed by atoms with Gasteiger partial charge in [-0.05, 0) is 41.9 Å². The standard InChI is InChI=1S/C16H16ClF2NO/c1-3-20-16(10-5-7-13(18)14(19)8-10)11-4-6-12(17)15(9-11)21-2/h4-9,16,20H,3H2,1-2H3. The zero-order valence-electron chi connectivity index (χ0n) is 11.8. The van der Waals surface area contributed by atoms with E-state index in [4.69, 9.17) is 16.3 Å². The molecule has 0 aliphatic rings. The molecule has 0 saturated carbocycles. The summed E-state index contributed by atoms with van der Waals surface area (Å²) in [4.78, 5) is 0. The van der Waals surface area contributed by atoms with E-state index in [9.17, 15) is 8.78 Å². The maximum atomic E-state index is 13.5. The first-order chi connectivity index (χ1) is 10.1. The van der Waals surface area contributed by atoms with E-state index in [2.05, 4.69) is 5.32 Å². The second kappa shape index (κ2) is 6.87. The Hall–Kier alpha value is -1.65. The molecule has 0 amide bonds. The van der Waals surface area contributed by atoms with Crippen LogP contribution in [0.1, 0.15) is 24.1 Å². The van der Waals surface area contributed by atoms with Gasteiger partial charge in [-0.3, -0.25) is 0 Å². The van der Waals surface area contributed by atoms with Crippen molar-refractivity contribution in [3.63, 3.8) is 0 Å². The predicted octanol–water partition coefficient (Wildman–Crippen LogP) is 4.33. The largest absolute Gasteiger partial charge is 0.495 e. The molecular weight excluding hydrogens is 296 g/mol. The second-order valence-electron chi connectivity index (χ2n) is 4.56. The van der Waals surface area contributed by atoms with Gasteiger partial charge in [0.25, 0.3) is 0 Å². The van der Waals surface area contributed by atoms with Gasteiger partial charge in [-0.15, -0.1) is 0 Å². The number of hydrogen-bond donors (Lipinski definition) is 1. The molecule has 0 aromatic heterocycles. The zero-order valence-corrected chi connectivity index (χ0v) is 12.5. The van der Waals surface area contributed by atoms with E-state index in [1.807, 2.05) is 13.0 Å². The van der Waals surface area contributed by atoms with E-state index in [-0.39, 0.29) is 6.04 Å². The summed E-state index contributed by atoms with van der Waals surface area (Å²) in [5.74, 6) is -1.18. The highest BCUT2D eigenvalue weighted by molar-refractivity contribution is 6.32. The third-order valence-corrected chi connectivity index (χ3v) is 3.51. The summed E-state index contributed by atoms with van der Waals surface area (Å²) >= 11 is 6.02. The molecule has 2 aromatic rings. The van der Waals surface area contributed by atoms with Gasteiger partial charge in [0.05, 0.1) is 18.2 Å². The van der Waals surface area contributed by atoms with E-state index in [0.717, 1.165) is 11.6 Å². The molecule has 0 bridgehead atoms. The lowest BCUT2D eigenvalue weighted by Gasteiger charge is -2.20. The lowest BCUT2D eigenvalue weighted by Crippen LogP contribution is -2.22. The number of hydrogen-bond acceptors (Lipinski definition) is 2. The van der Waals surface area contributed by atoms with Gasteiger partial charge in [-0.1, -0.05) is 30.7 Å². The van der Waals surface area contributed by atoms with Gasteiger partial charge in [0.1, 0.15) is 5.75 Å². The molecule has 0 heterocycles. The zero-order chi connectivity index (χ0) is 15.4. The molecule has 5 heteroatoms. The maximum absolute atomic E-state index is 13.5. The fourth-order valence-electron chi connectivity index (χ4n) is 2.18. The van der Waals surface area contributed by atoms with Gasteiger partial charge in [0, 0.05) is 0 Å². The average molecular weight is 312 g/mol. The van der Waals surface area contributed by atoms with Gasteiger partial charge in [0.2, 0.25) is 0 Å². The lowest BCUT2D eigenvalue weighted by atomic mass is 9.98. The van der Waals surface area contributed by atoms with Crippen molar-refractivity contribution < 1.29 is 13.5 Å². The van der Waals surface area contributed by atoms with E-state index < -0.39 is 11.6 Å². The van der Waals surface area contributed by atoms with Crippen molar-refractivity contribution in [3.05, 3.63) is 64.2 Å². The third-order valence-electron chi connectivity index (χ3n) is 3.19. The minimum Gasteiger partial charge on any atom is -0.495 e. The van der Waals surface area contributed by atoms with Crippen LogP contribution in [0.5, 0.6) is 5.75 Å². The summed E-state index contributed by atoms with van der Waals surface area (Å²) in [7, 11) is 1.53. The number of halogens is 3. The molecule has 2 aromatic carbocycles. The quantitative estimate of drug-likeness (QED) is 0.887. The fourth-order valence-corrected chi connectivity index (χ4v) is 2.37. The van der Waals surface area contributed by atoms with Crippen LogP contribution in [0.2, 0.25) is 5.02 Å². The monoisotopic (exact) mass is 311 g/mol. The summed E-state index contributed by atoms with van der Waals surface area (Å²) in [6, 6.07) is 8.96. The van der Waals surface area contributed by atoms with Crippen LogP contribution in [0.3, 0.4) is 0 Å². The molecule has 1 atom stereocenters. The third kappa shape index (κ3) is 3.52. The Morgan fingerprint density at radius 2 is 1.76 bits per heavy atom. The summed E-state index contributed by atoms with van der Waals surface area (Å²) in [6.07, 6.45) is 0. The number of rotatable bonds is 5. The minimum absolute atomic E-state index is 0.267. The first kappa shape index (κ1) is 15.7. The minimum atomic E-state index is -0.865. The van der Waals surface area contributed by atoms with Crippen LogP contribution in [0.15, 0.2) is 36.4 Å². The molecule has 0 aliphatic heterocycles. The van der Waals surface area contributed by atoms with E-state index >= 15 is 0 Å². The van der Waals surface area contributed by atoms with Gasteiger partial charge in [0.15, 0.2) is 11.6 Å². The average Bonchev–Trinajstić information content (AvgIpc) is 2.48. The normalized spacial score (nSPS) is 12.2. The molecule has 2 rings (SSSR count). The highest BCUT2D eigenvalue weighted by atomic mass is 35.5. The van der Waals surface area contributed by atoms with Crippen LogP contribution < -0.4 is 10.1 Å². The molecule has 0 spiro atoms. The van der Waals surface area contributed by atoms with Crippen LogP contribution in [0.4, 0.5) is 8.78 Å². The lowest BCUT2D eigenvalue weighted by molar-refractivity contribution is 0.414. The number of ether oxygens (including phenoxy) is 1. The Kier molecular flexibility index (Phi) is 5.15. The maximum Gasteiger partial charge on any atom is 0.159 e. The Morgan fingerprint density at radius 3 is 2.38 bits per heavy atom. The highest BCUT2D eigenvalue weighted by Crippen LogP contribution is 2.31. The molecule has 1 N–H and O–H groups in total. The van der Waals surface area contributed by atoms with Crippen molar-refractivity contribution in [3.8, 4) is 5.75 Å². The summed E-state index contributed by atoms with van der Waals surface area (Å²) < 4.78 is 31.7. The molecule has 112 valence electrons. The second-order valence-corrected chi connectivity index (χ2v) is 4.97. The number of methoxy groups -OCH3 is 1. The molecular formula is C16H16ClF2NO. The molecule has 0 aliphatic carbocycles. The topological polar surface area (TPSA) is 21.3 Å². The van der Waals surface area contributed by atoms with Crippen molar-refractivity contribution in [2.24, 2.45) is 0 Å². The van der Waals surface area contributed by atoms with Gasteiger partial charge < -0.3 is 10.1 Å². The Bertz CT molecular complexity index is 634. The molecule has 0 radical (unpaired) electrons. The van der Waals surface area contributed by atoms with E-state index in [1.54, 1.807) is 18.2 Å². The van der Waals surface area contributed by atoms with Gasteiger partial charge in [-0.25, -0.2) is 8.78 Å². The predicted molar refractivity (Wildman–Crippen MR) is 79.9 cm³/mol. The first-order valence-corrected chi connectivity index (χ1v) is 6.96. The van der Waals surface area contributed by atoms with Gasteiger partial charge in [-0.2, -0.15) is 0 Å². The Balaban J connectivity index is 2.44. The molecule has 1 unspecified atom stereocenters. The van der Waals surface area contributed by atoms with Crippen LogP contribution in [0.25, 0.3) is 0 Å². The van der Waals surface area contributed by atoms with Crippen molar-refractivity contribution in [2.75, 3.05) is 13.7 Å². The molecule has 0 saturated heterocycles. The SMILES string of the molecule is CCNC(c1ccc(F)c(F)c1)c1ccc(Cl)c(OC)c1. The summed E-state index contributed by atoms with van der Waals surface area (Å²) in [5.41, 5.74) is 1.50. The van der Waals surface area contributed by atoms with Crippen LogP contribution in [-0.2, 0) is 0 Å². The van der Waals surface area contributed by atoms with E-state index in [0.29, 0.717) is 22.9 Å². The first-order valence-electron chi connectivity index (χ1n) is 6.58. The van der Waals surface area contributed by atoms with E-state index in [1.165, 1.54) is 13.2 Å².